The molecule has 2 bridgehead atoms. The van der Waals surface area contributed by atoms with Gasteiger partial charge in [-0.05, 0) is 61.4 Å². The molecule has 2 fully saturated rings. The lowest BCUT2D eigenvalue weighted by atomic mass is 9.89. The fourth-order valence-electron chi connectivity index (χ4n) is 4.20. The maximum Gasteiger partial charge on any atom is 0.184 e. The van der Waals surface area contributed by atoms with Crippen LogP contribution in [-0.2, 0) is 6.54 Å². The minimum Gasteiger partial charge on any atom is -0.330 e. The molecule has 2 saturated carbocycles. The quantitative estimate of drug-likeness (QED) is 0.813. The summed E-state index contributed by atoms with van der Waals surface area (Å²) in [4.78, 5) is 2.98. The zero-order valence-electron chi connectivity index (χ0n) is 11.0. The molecule has 2 aliphatic carbocycles. The Morgan fingerprint density at radius 3 is 2.80 bits per heavy atom. The van der Waals surface area contributed by atoms with E-state index in [2.05, 4.69) is 4.98 Å². The summed E-state index contributed by atoms with van der Waals surface area (Å²) in [7, 11) is 0. The molecular formula is C15H16F2N2S. The Labute approximate surface area is 120 Å². The number of halogens is 2. The molecule has 2 aromatic rings. The van der Waals surface area contributed by atoms with Crippen LogP contribution in [0.1, 0.15) is 25.7 Å². The van der Waals surface area contributed by atoms with Crippen LogP contribution >= 0.6 is 12.2 Å². The molecule has 3 atom stereocenters. The third-order valence-corrected chi connectivity index (χ3v) is 5.45. The third-order valence-electron chi connectivity index (χ3n) is 5.13. The maximum atomic E-state index is 14.1. The molecule has 2 nitrogen and oxygen atoms in total. The molecule has 1 aromatic carbocycles. The van der Waals surface area contributed by atoms with Gasteiger partial charge in [0.2, 0.25) is 0 Å². The van der Waals surface area contributed by atoms with E-state index in [0.717, 1.165) is 17.9 Å². The average Bonchev–Trinajstić information content (AvgIpc) is 3.10. The molecule has 0 amide bonds. The predicted molar refractivity (Wildman–Crippen MR) is 76.0 cm³/mol. The summed E-state index contributed by atoms with van der Waals surface area (Å²) in [5.41, 5.74) is 0.870. The summed E-state index contributed by atoms with van der Waals surface area (Å²) in [5.74, 6) is 0.530. The average molecular weight is 294 g/mol. The number of imidazole rings is 1. The van der Waals surface area contributed by atoms with Gasteiger partial charge in [0.25, 0.3) is 0 Å². The van der Waals surface area contributed by atoms with Crippen molar-refractivity contribution >= 4 is 23.3 Å². The van der Waals surface area contributed by atoms with Crippen molar-refractivity contribution in [1.29, 1.82) is 0 Å². The van der Waals surface area contributed by atoms with Crippen molar-refractivity contribution in [3.05, 3.63) is 28.5 Å². The molecular weight excluding hydrogens is 278 g/mol. The molecule has 3 unspecified atom stereocenters. The number of rotatable bonds is 2. The number of nitrogens with zero attached hydrogens (tertiary/aromatic N) is 1. The second-order valence-corrected chi connectivity index (χ2v) is 6.62. The second kappa shape index (κ2) is 4.38. The Bertz CT molecular complexity index is 733. The minimum absolute atomic E-state index is 0.290. The van der Waals surface area contributed by atoms with E-state index in [1.165, 1.54) is 25.7 Å². The van der Waals surface area contributed by atoms with Gasteiger partial charge in [0.05, 0.1) is 5.52 Å². The zero-order chi connectivity index (χ0) is 13.9. The highest BCUT2D eigenvalue weighted by molar-refractivity contribution is 7.71. The van der Waals surface area contributed by atoms with Crippen LogP contribution in [0.15, 0.2) is 12.1 Å². The van der Waals surface area contributed by atoms with Crippen LogP contribution in [0.2, 0.25) is 0 Å². The van der Waals surface area contributed by atoms with Gasteiger partial charge in [-0.25, -0.2) is 8.78 Å². The van der Waals surface area contributed by atoms with E-state index in [1.54, 1.807) is 10.6 Å². The van der Waals surface area contributed by atoms with E-state index in [9.17, 15) is 8.78 Å². The van der Waals surface area contributed by atoms with E-state index in [1.807, 2.05) is 0 Å². The van der Waals surface area contributed by atoms with Crippen molar-refractivity contribution in [2.24, 2.45) is 17.8 Å². The standard InChI is InChI=1S/C15H16F2N2S/c16-11-3-4-12-14(13(11)17)19(15(20)18-12)7-10-6-8-1-2-9(10)5-8/h3-4,8-10H,1-2,5-7H2,(H,18,20). The second-order valence-electron chi connectivity index (χ2n) is 6.23. The van der Waals surface area contributed by atoms with Crippen LogP contribution in [0.3, 0.4) is 0 Å². The van der Waals surface area contributed by atoms with Crippen molar-refractivity contribution in [3.63, 3.8) is 0 Å². The number of aromatic amines is 1. The molecule has 1 heterocycles. The highest BCUT2D eigenvalue weighted by Crippen LogP contribution is 2.49. The first-order valence-corrected chi connectivity index (χ1v) is 7.61. The van der Waals surface area contributed by atoms with Crippen LogP contribution in [0.25, 0.3) is 11.0 Å². The van der Waals surface area contributed by atoms with Gasteiger partial charge in [-0.3, -0.25) is 0 Å². The third kappa shape index (κ3) is 1.75. The Morgan fingerprint density at radius 2 is 2.10 bits per heavy atom. The molecule has 0 saturated heterocycles. The molecule has 0 aliphatic heterocycles. The SMILES string of the molecule is Fc1ccc2[nH]c(=S)n(CC3CC4CCC3C4)c2c1F. The summed E-state index contributed by atoms with van der Waals surface area (Å²) in [5, 5.41) is 0. The first kappa shape index (κ1) is 12.5. The van der Waals surface area contributed by atoms with Gasteiger partial charge >= 0.3 is 0 Å². The number of H-pyrrole nitrogens is 1. The Morgan fingerprint density at radius 1 is 1.25 bits per heavy atom. The van der Waals surface area contributed by atoms with Gasteiger partial charge in [-0.1, -0.05) is 6.42 Å². The first-order valence-electron chi connectivity index (χ1n) is 7.20. The molecule has 106 valence electrons. The molecule has 4 rings (SSSR count). The zero-order valence-corrected chi connectivity index (χ0v) is 11.9. The van der Waals surface area contributed by atoms with Gasteiger partial charge in [0.1, 0.15) is 5.52 Å². The Hall–Kier alpha value is -1.23. The van der Waals surface area contributed by atoms with Gasteiger partial charge in [-0.2, -0.15) is 0 Å². The van der Waals surface area contributed by atoms with E-state index in [0.29, 0.717) is 22.8 Å². The van der Waals surface area contributed by atoms with Crippen molar-refractivity contribution < 1.29 is 8.78 Å². The summed E-state index contributed by atoms with van der Waals surface area (Å²) in [6.45, 7) is 0.709. The number of benzene rings is 1. The van der Waals surface area contributed by atoms with E-state index < -0.39 is 11.6 Å². The van der Waals surface area contributed by atoms with Crippen LogP contribution in [0.4, 0.5) is 8.78 Å². The van der Waals surface area contributed by atoms with E-state index >= 15 is 0 Å². The lowest BCUT2D eigenvalue weighted by molar-refractivity contribution is 0.296. The predicted octanol–water partition coefficient (Wildman–Crippen LogP) is 4.41. The molecule has 5 heteroatoms. The van der Waals surface area contributed by atoms with Crippen LogP contribution < -0.4 is 0 Å². The molecule has 1 N–H and O–H groups in total. The molecule has 1 aromatic heterocycles. The summed E-state index contributed by atoms with van der Waals surface area (Å²) >= 11 is 5.29. The lowest BCUT2D eigenvalue weighted by Gasteiger charge is -2.22. The largest absolute Gasteiger partial charge is 0.330 e. The number of hydrogen-bond acceptors (Lipinski definition) is 1. The van der Waals surface area contributed by atoms with Gasteiger partial charge in [0.15, 0.2) is 16.4 Å². The van der Waals surface area contributed by atoms with Crippen LogP contribution in [0.5, 0.6) is 0 Å². The summed E-state index contributed by atoms with van der Waals surface area (Å²) in [6.07, 6.45) is 5.12. The topological polar surface area (TPSA) is 20.7 Å². The fourth-order valence-corrected chi connectivity index (χ4v) is 4.47. The number of aromatic nitrogens is 2. The number of nitrogens with one attached hydrogen (secondary N) is 1. The van der Waals surface area contributed by atoms with Crippen LogP contribution in [0, 0.1) is 34.2 Å². The lowest BCUT2D eigenvalue weighted by Crippen LogP contribution is -2.17. The highest BCUT2D eigenvalue weighted by Gasteiger charge is 2.39. The molecule has 0 spiro atoms. The molecule has 20 heavy (non-hydrogen) atoms. The fraction of sp³-hybridized carbons (Fsp3) is 0.533. The minimum atomic E-state index is -0.812. The maximum absolute atomic E-state index is 14.1. The Kier molecular flexibility index (Phi) is 2.74. The number of hydrogen-bond donors (Lipinski definition) is 1. The van der Waals surface area contributed by atoms with Crippen molar-refractivity contribution in [1.82, 2.24) is 9.55 Å². The smallest absolute Gasteiger partial charge is 0.184 e. The first-order chi connectivity index (χ1) is 9.63. The van der Waals surface area contributed by atoms with Crippen molar-refractivity contribution in [3.8, 4) is 0 Å². The van der Waals surface area contributed by atoms with Gasteiger partial charge in [0, 0.05) is 6.54 Å². The normalized spacial score (nSPS) is 28.6. The van der Waals surface area contributed by atoms with E-state index in [4.69, 9.17) is 12.2 Å². The van der Waals surface area contributed by atoms with Gasteiger partial charge in [-0.15, -0.1) is 0 Å². The number of fused-ring (bicyclic) bond motifs is 3. The molecule has 2 aliphatic rings. The summed E-state index contributed by atoms with van der Waals surface area (Å²) in [6, 6.07) is 2.70. The highest BCUT2D eigenvalue weighted by atomic mass is 32.1. The monoisotopic (exact) mass is 294 g/mol. The summed E-state index contributed by atoms with van der Waals surface area (Å²) < 4.78 is 29.8. The van der Waals surface area contributed by atoms with Crippen LogP contribution in [-0.4, -0.2) is 9.55 Å². The van der Waals surface area contributed by atoms with Crippen molar-refractivity contribution in [2.45, 2.75) is 32.2 Å². The Balaban J connectivity index is 1.77. The van der Waals surface area contributed by atoms with Gasteiger partial charge < -0.3 is 9.55 Å². The van der Waals surface area contributed by atoms with Crippen molar-refractivity contribution in [2.75, 3.05) is 0 Å². The van der Waals surface area contributed by atoms with E-state index in [-0.39, 0.29) is 5.52 Å². The molecule has 0 radical (unpaired) electrons.